The van der Waals surface area contributed by atoms with Crippen LogP contribution in [0.25, 0.3) is 0 Å². The Balaban J connectivity index is 1.80. The Morgan fingerprint density at radius 3 is 2.50 bits per heavy atom. The average molecular weight is 226 g/mol. The lowest BCUT2D eigenvalue weighted by atomic mass is 9.86. The van der Waals surface area contributed by atoms with Crippen molar-refractivity contribution in [3.05, 3.63) is 0 Å². The summed E-state index contributed by atoms with van der Waals surface area (Å²) in [5, 5.41) is 0. The van der Waals surface area contributed by atoms with Crippen molar-refractivity contribution in [2.45, 2.75) is 76.2 Å². The highest BCUT2D eigenvalue weighted by Crippen LogP contribution is 2.29. The van der Waals surface area contributed by atoms with E-state index >= 15 is 0 Å². The van der Waals surface area contributed by atoms with E-state index in [1.807, 2.05) is 0 Å². The molecule has 5 atom stereocenters. The van der Waals surface area contributed by atoms with Crippen molar-refractivity contribution < 1.29 is 4.74 Å². The van der Waals surface area contributed by atoms with Gasteiger partial charge in [-0.1, -0.05) is 19.8 Å². The molecule has 4 N–H and O–H groups in total. The molecule has 0 heterocycles. The number of nitrogens with two attached hydrogens (primary N) is 2. The Hall–Kier alpha value is -0.120. The molecule has 3 heteroatoms. The summed E-state index contributed by atoms with van der Waals surface area (Å²) in [6, 6.07) is 0.445. The van der Waals surface area contributed by atoms with E-state index in [4.69, 9.17) is 16.2 Å². The lowest BCUT2D eigenvalue weighted by Crippen LogP contribution is -2.47. The molecule has 2 rings (SSSR count). The van der Waals surface area contributed by atoms with Gasteiger partial charge in [-0.2, -0.15) is 0 Å². The van der Waals surface area contributed by atoms with Crippen LogP contribution in [0.4, 0.5) is 0 Å². The molecule has 3 nitrogen and oxygen atoms in total. The maximum absolute atomic E-state index is 6.18. The van der Waals surface area contributed by atoms with Crippen LogP contribution in [0.1, 0.15) is 51.9 Å². The second-order valence-corrected chi connectivity index (χ2v) is 5.81. The van der Waals surface area contributed by atoms with Crippen molar-refractivity contribution >= 4 is 0 Å². The summed E-state index contributed by atoms with van der Waals surface area (Å²) in [6.45, 7) is 2.33. The summed E-state index contributed by atoms with van der Waals surface area (Å²) >= 11 is 0. The average Bonchev–Trinajstić information content (AvgIpc) is 2.22. The predicted molar refractivity (Wildman–Crippen MR) is 66.1 cm³/mol. The van der Waals surface area contributed by atoms with Gasteiger partial charge in [-0.25, -0.2) is 0 Å². The molecule has 0 radical (unpaired) electrons. The van der Waals surface area contributed by atoms with Gasteiger partial charge in [-0.15, -0.1) is 0 Å². The molecule has 0 aliphatic heterocycles. The van der Waals surface area contributed by atoms with Crippen LogP contribution in [0.2, 0.25) is 0 Å². The first-order chi connectivity index (χ1) is 7.65. The molecule has 0 saturated heterocycles. The SMILES string of the molecule is CC1CCCC(OC2CCC(N)CC2N)C1. The van der Waals surface area contributed by atoms with E-state index in [1.165, 1.54) is 25.7 Å². The normalized spacial score (nSPS) is 45.6. The molecular formula is C13H26N2O. The lowest BCUT2D eigenvalue weighted by Gasteiger charge is -2.37. The fraction of sp³-hybridized carbons (Fsp3) is 1.00. The minimum atomic E-state index is 0.154. The highest BCUT2D eigenvalue weighted by Gasteiger charge is 2.30. The van der Waals surface area contributed by atoms with Crippen LogP contribution < -0.4 is 11.5 Å². The second-order valence-electron chi connectivity index (χ2n) is 5.81. The maximum Gasteiger partial charge on any atom is 0.0730 e. The molecule has 2 fully saturated rings. The van der Waals surface area contributed by atoms with Crippen molar-refractivity contribution in [1.29, 1.82) is 0 Å². The van der Waals surface area contributed by atoms with Crippen LogP contribution in [0, 0.1) is 5.92 Å². The van der Waals surface area contributed by atoms with Crippen molar-refractivity contribution in [2.75, 3.05) is 0 Å². The Morgan fingerprint density at radius 2 is 1.81 bits per heavy atom. The topological polar surface area (TPSA) is 61.3 Å². The van der Waals surface area contributed by atoms with E-state index in [0.29, 0.717) is 12.1 Å². The van der Waals surface area contributed by atoms with Crippen molar-refractivity contribution in [2.24, 2.45) is 17.4 Å². The minimum Gasteiger partial charge on any atom is -0.373 e. The maximum atomic E-state index is 6.18. The van der Waals surface area contributed by atoms with Crippen LogP contribution in [-0.4, -0.2) is 24.3 Å². The number of hydrogen-bond acceptors (Lipinski definition) is 3. The third-order valence-electron chi connectivity index (χ3n) is 4.13. The molecule has 5 unspecified atom stereocenters. The van der Waals surface area contributed by atoms with E-state index in [2.05, 4.69) is 6.92 Å². The first-order valence-corrected chi connectivity index (χ1v) is 6.81. The molecule has 0 spiro atoms. The van der Waals surface area contributed by atoms with Gasteiger partial charge in [0, 0.05) is 12.1 Å². The van der Waals surface area contributed by atoms with Gasteiger partial charge in [-0.3, -0.25) is 0 Å². The van der Waals surface area contributed by atoms with Crippen molar-refractivity contribution in [3.63, 3.8) is 0 Å². The van der Waals surface area contributed by atoms with Gasteiger partial charge in [0.05, 0.1) is 12.2 Å². The molecule has 0 amide bonds. The van der Waals surface area contributed by atoms with Gasteiger partial charge in [0.2, 0.25) is 0 Å². The van der Waals surface area contributed by atoms with E-state index in [1.54, 1.807) is 0 Å². The third-order valence-corrected chi connectivity index (χ3v) is 4.13. The Morgan fingerprint density at radius 1 is 1.00 bits per heavy atom. The van der Waals surface area contributed by atoms with E-state index in [0.717, 1.165) is 25.2 Å². The monoisotopic (exact) mass is 226 g/mol. The molecule has 16 heavy (non-hydrogen) atoms. The predicted octanol–water partition coefficient (Wildman–Crippen LogP) is 1.79. The summed E-state index contributed by atoms with van der Waals surface area (Å²) < 4.78 is 6.18. The fourth-order valence-corrected chi connectivity index (χ4v) is 3.13. The lowest BCUT2D eigenvalue weighted by molar-refractivity contribution is -0.0629. The zero-order valence-corrected chi connectivity index (χ0v) is 10.4. The summed E-state index contributed by atoms with van der Waals surface area (Å²) in [4.78, 5) is 0. The van der Waals surface area contributed by atoms with E-state index in [9.17, 15) is 0 Å². The zero-order valence-electron chi connectivity index (χ0n) is 10.4. The smallest absolute Gasteiger partial charge is 0.0730 e. The van der Waals surface area contributed by atoms with Gasteiger partial charge < -0.3 is 16.2 Å². The second kappa shape index (κ2) is 5.48. The number of ether oxygens (including phenoxy) is 1. The third kappa shape index (κ3) is 3.19. The van der Waals surface area contributed by atoms with Gasteiger partial charge in [0.15, 0.2) is 0 Å². The molecular weight excluding hydrogens is 200 g/mol. The first-order valence-electron chi connectivity index (χ1n) is 6.81. The molecule has 0 aromatic heterocycles. The Bertz CT molecular complexity index is 222. The van der Waals surface area contributed by atoms with Crippen LogP contribution in [0.5, 0.6) is 0 Å². The van der Waals surface area contributed by atoms with Gasteiger partial charge in [-0.05, 0) is 38.0 Å². The van der Waals surface area contributed by atoms with E-state index in [-0.39, 0.29) is 12.1 Å². The molecule has 2 saturated carbocycles. The summed E-state index contributed by atoms with van der Waals surface area (Å²) in [7, 11) is 0. The quantitative estimate of drug-likeness (QED) is 0.754. The van der Waals surface area contributed by atoms with Crippen LogP contribution >= 0.6 is 0 Å². The number of hydrogen-bond donors (Lipinski definition) is 2. The van der Waals surface area contributed by atoms with E-state index < -0.39 is 0 Å². The summed E-state index contributed by atoms with van der Waals surface area (Å²) in [5.74, 6) is 0.820. The molecule has 94 valence electrons. The Labute approximate surface area is 98.9 Å². The van der Waals surface area contributed by atoms with Gasteiger partial charge in [0.25, 0.3) is 0 Å². The molecule has 0 aromatic rings. The van der Waals surface area contributed by atoms with Crippen LogP contribution in [-0.2, 0) is 4.74 Å². The van der Waals surface area contributed by atoms with Crippen molar-refractivity contribution in [3.8, 4) is 0 Å². The molecule has 2 aliphatic rings. The Kier molecular flexibility index (Phi) is 4.22. The molecule has 0 aromatic carbocycles. The zero-order chi connectivity index (χ0) is 11.5. The van der Waals surface area contributed by atoms with Gasteiger partial charge in [0.1, 0.15) is 0 Å². The highest BCUT2D eigenvalue weighted by atomic mass is 16.5. The summed E-state index contributed by atoms with van der Waals surface area (Å²) in [5.41, 5.74) is 12.0. The van der Waals surface area contributed by atoms with Crippen LogP contribution in [0.15, 0.2) is 0 Å². The number of rotatable bonds is 2. The summed E-state index contributed by atoms with van der Waals surface area (Å²) in [6.07, 6.45) is 8.87. The highest BCUT2D eigenvalue weighted by molar-refractivity contribution is 4.86. The molecule has 2 aliphatic carbocycles. The van der Waals surface area contributed by atoms with Gasteiger partial charge >= 0.3 is 0 Å². The fourth-order valence-electron chi connectivity index (χ4n) is 3.13. The largest absolute Gasteiger partial charge is 0.373 e. The standard InChI is InChI=1S/C13H26N2O/c1-9-3-2-4-11(7-9)16-13-6-5-10(14)8-12(13)15/h9-13H,2-8,14-15H2,1H3. The van der Waals surface area contributed by atoms with Crippen LogP contribution in [0.3, 0.4) is 0 Å². The van der Waals surface area contributed by atoms with Crippen molar-refractivity contribution in [1.82, 2.24) is 0 Å². The molecule has 0 bridgehead atoms. The minimum absolute atomic E-state index is 0.154. The first kappa shape index (κ1) is 12.3.